The molecule has 0 aliphatic carbocycles. The lowest BCUT2D eigenvalue weighted by Gasteiger charge is -2.16. The van der Waals surface area contributed by atoms with E-state index in [1.165, 1.54) is 0 Å². The van der Waals surface area contributed by atoms with Crippen LogP contribution in [0.2, 0.25) is 13.1 Å². The molecule has 1 aromatic carbocycles. The molecule has 1 atom stereocenters. The molecule has 2 rings (SSSR count). The zero-order valence-electron chi connectivity index (χ0n) is 13.4. The van der Waals surface area contributed by atoms with E-state index < -0.39 is 9.04 Å². The first kappa shape index (κ1) is 15.5. The molecule has 0 saturated heterocycles. The van der Waals surface area contributed by atoms with E-state index in [2.05, 4.69) is 36.2 Å². The van der Waals surface area contributed by atoms with E-state index in [9.17, 15) is 0 Å². The van der Waals surface area contributed by atoms with Crippen molar-refractivity contribution in [2.24, 2.45) is 12.0 Å². The Morgan fingerprint density at radius 2 is 2.05 bits per heavy atom. The topological polar surface area (TPSA) is 39.4 Å². The van der Waals surface area contributed by atoms with Crippen LogP contribution in [0.1, 0.15) is 29.8 Å². The van der Waals surface area contributed by atoms with E-state index in [4.69, 9.17) is 4.43 Å². The van der Waals surface area contributed by atoms with Crippen LogP contribution in [-0.2, 0) is 7.05 Å². The fraction of sp³-hybridized carbons (Fsp3) is 0.375. The highest BCUT2D eigenvalue weighted by atomic mass is 28.3. The summed E-state index contributed by atoms with van der Waals surface area (Å²) >= 11 is 0. The summed E-state index contributed by atoms with van der Waals surface area (Å²) in [4.78, 5) is 4.66. The van der Waals surface area contributed by atoms with Gasteiger partial charge >= 0.3 is 0 Å². The highest BCUT2D eigenvalue weighted by Crippen LogP contribution is 2.27. The van der Waals surface area contributed by atoms with Crippen molar-refractivity contribution >= 4 is 15.3 Å². The average molecular weight is 301 g/mol. The fourth-order valence-corrected chi connectivity index (χ4v) is 2.93. The second-order valence-corrected chi connectivity index (χ2v) is 7.84. The molecular formula is C16H23N3OSi. The van der Waals surface area contributed by atoms with E-state index in [-0.39, 0.29) is 6.04 Å². The third-order valence-corrected chi connectivity index (χ3v) is 3.95. The lowest BCUT2D eigenvalue weighted by Crippen LogP contribution is -2.13. The smallest absolute Gasteiger partial charge is 0.229 e. The average Bonchev–Trinajstić information content (AvgIpc) is 2.74. The predicted octanol–water partition coefficient (Wildman–Crippen LogP) is 3.27. The SMILES string of the molecule is Cc1nn(C)cc1C=NC(C)c1ccccc1O[SiH](C)C. The Kier molecular flexibility index (Phi) is 4.96. The molecule has 1 aromatic heterocycles. The summed E-state index contributed by atoms with van der Waals surface area (Å²) in [6, 6.07) is 8.23. The van der Waals surface area contributed by atoms with Crippen molar-refractivity contribution in [3.05, 3.63) is 47.3 Å². The third-order valence-electron chi connectivity index (χ3n) is 3.22. The highest BCUT2D eigenvalue weighted by molar-refractivity contribution is 6.49. The number of aryl methyl sites for hydroxylation is 2. The normalized spacial score (nSPS) is 13.0. The first-order valence-electron chi connectivity index (χ1n) is 7.26. The minimum atomic E-state index is -1.12. The third kappa shape index (κ3) is 4.04. The molecular weight excluding hydrogens is 278 g/mol. The summed E-state index contributed by atoms with van der Waals surface area (Å²) in [6.45, 7) is 8.42. The fourth-order valence-electron chi connectivity index (χ4n) is 2.20. The van der Waals surface area contributed by atoms with Crippen LogP contribution in [0.4, 0.5) is 0 Å². The maximum atomic E-state index is 5.99. The van der Waals surface area contributed by atoms with Gasteiger partial charge in [-0.15, -0.1) is 0 Å². The van der Waals surface area contributed by atoms with Crippen molar-refractivity contribution in [1.29, 1.82) is 0 Å². The second kappa shape index (κ2) is 6.71. The minimum Gasteiger partial charge on any atom is -0.547 e. The quantitative estimate of drug-likeness (QED) is 0.628. The van der Waals surface area contributed by atoms with Gasteiger partial charge in [-0.05, 0) is 33.0 Å². The number of nitrogens with zero attached hydrogens (tertiary/aromatic N) is 3. The number of aromatic nitrogens is 2. The van der Waals surface area contributed by atoms with Gasteiger partial charge in [0, 0.05) is 30.6 Å². The number of hydrogen-bond donors (Lipinski definition) is 0. The van der Waals surface area contributed by atoms with Crippen molar-refractivity contribution in [3.8, 4) is 5.75 Å². The van der Waals surface area contributed by atoms with Gasteiger partial charge in [0.2, 0.25) is 9.04 Å². The summed E-state index contributed by atoms with van der Waals surface area (Å²) in [6.07, 6.45) is 3.88. The van der Waals surface area contributed by atoms with Crippen LogP contribution < -0.4 is 4.43 Å². The summed E-state index contributed by atoms with van der Waals surface area (Å²) in [5.41, 5.74) is 3.19. The second-order valence-electron chi connectivity index (χ2n) is 5.50. The van der Waals surface area contributed by atoms with Crippen LogP contribution in [-0.4, -0.2) is 25.0 Å². The van der Waals surface area contributed by atoms with Gasteiger partial charge in [0.1, 0.15) is 5.75 Å². The van der Waals surface area contributed by atoms with Crippen molar-refractivity contribution < 1.29 is 4.43 Å². The summed E-state index contributed by atoms with van der Waals surface area (Å²) < 4.78 is 7.80. The Hall–Kier alpha value is -1.88. The molecule has 0 spiro atoms. The van der Waals surface area contributed by atoms with E-state index in [0.717, 1.165) is 22.6 Å². The Labute approximate surface area is 128 Å². The van der Waals surface area contributed by atoms with E-state index >= 15 is 0 Å². The van der Waals surface area contributed by atoms with Gasteiger partial charge in [0.05, 0.1) is 11.7 Å². The number of aliphatic imine (C=N–C) groups is 1. The van der Waals surface area contributed by atoms with Crippen molar-refractivity contribution in [2.75, 3.05) is 0 Å². The van der Waals surface area contributed by atoms with Gasteiger partial charge in [-0.3, -0.25) is 9.67 Å². The highest BCUT2D eigenvalue weighted by Gasteiger charge is 2.11. The van der Waals surface area contributed by atoms with Crippen molar-refractivity contribution in [2.45, 2.75) is 33.0 Å². The van der Waals surface area contributed by atoms with Gasteiger partial charge in [0.25, 0.3) is 0 Å². The standard InChI is InChI=1S/C16H23N3OSi/c1-12-14(11-19(3)18-12)10-17-13(2)15-8-6-7-9-16(15)20-21(4)5/h6-11,13,21H,1-5H3. The van der Waals surface area contributed by atoms with E-state index in [1.807, 2.05) is 49.3 Å². The molecule has 0 bridgehead atoms. The zero-order chi connectivity index (χ0) is 15.4. The van der Waals surface area contributed by atoms with Gasteiger partial charge < -0.3 is 4.43 Å². The van der Waals surface area contributed by atoms with E-state index in [1.54, 1.807) is 0 Å². The van der Waals surface area contributed by atoms with Gasteiger partial charge in [-0.2, -0.15) is 5.10 Å². The van der Waals surface area contributed by atoms with Crippen LogP contribution >= 0.6 is 0 Å². The molecule has 1 heterocycles. The first-order valence-corrected chi connectivity index (χ1v) is 10.0. The molecule has 0 aliphatic heterocycles. The Morgan fingerprint density at radius 3 is 2.67 bits per heavy atom. The molecule has 1 unspecified atom stereocenters. The van der Waals surface area contributed by atoms with Crippen LogP contribution in [0.25, 0.3) is 0 Å². The zero-order valence-corrected chi connectivity index (χ0v) is 14.5. The van der Waals surface area contributed by atoms with Crippen molar-refractivity contribution in [1.82, 2.24) is 9.78 Å². The lowest BCUT2D eigenvalue weighted by molar-refractivity contribution is 0.564. The van der Waals surface area contributed by atoms with Crippen LogP contribution in [0.3, 0.4) is 0 Å². The molecule has 0 aliphatic rings. The maximum absolute atomic E-state index is 5.99. The molecule has 4 nitrogen and oxygen atoms in total. The molecule has 0 amide bonds. The molecule has 0 saturated carbocycles. The monoisotopic (exact) mass is 301 g/mol. The Bertz CT molecular complexity index is 634. The van der Waals surface area contributed by atoms with E-state index in [0.29, 0.717) is 0 Å². The number of hydrogen-bond acceptors (Lipinski definition) is 3. The molecule has 2 aromatic rings. The molecule has 112 valence electrons. The molecule has 5 heteroatoms. The molecule has 0 N–H and O–H groups in total. The number of rotatable bonds is 5. The van der Waals surface area contributed by atoms with Crippen LogP contribution in [0.5, 0.6) is 5.75 Å². The summed E-state index contributed by atoms with van der Waals surface area (Å²) in [5, 5.41) is 4.32. The first-order chi connectivity index (χ1) is 9.97. The van der Waals surface area contributed by atoms with Gasteiger partial charge in [-0.1, -0.05) is 18.2 Å². The Morgan fingerprint density at radius 1 is 1.33 bits per heavy atom. The largest absolute Gasteiger partial charge is 0.547 e. The van der Waals surface area contributed by atoms with Crippen LogP contribution in [0, 0.1) is 6.92 Å². The summed E-state index contributed by atoms with van der Waals surface area (Å²) in [5.74, 6) is 0.965. The number of benzene rings is 1. The maximum Gasteiger partial charge on any atom is 0.229 e. The Balaban J connectivity index is 2.20. The molecule has 21 heavy (non-hydrogen) atoms. The predicted molar refractivity (Wildman–Crippen MR) is 89.9 cm³/mol. The van der Waals surface area contributed by atoms with Crippen molar-refractivity contribution in [3.63, 3.8) is 0 Å². The molecule has 0 fully saturated rings. The lowest BCUT2D eigenvalue weighted by atomic mass is 10.1. The van der Waals surface area contributed by atoms with Crippen LogP contribution in [0.15, 0.2) is 35.5 Å². The van der Waals surface area contributed by atoms with Gasteiger partial charge in [0.15, 0.2) is 0 Å². The summed E-state index contributed by atoms with van der Waals surface area (Å²) in [7, 11) is 0.805. The molecule has 0 radical (unpaired) electrons. The number of para-hydroxylation sites is 1. The van der Waals surface area contributed by atoms with Gasteiger partial charge in [-0.25, -0.2) is 0 Å². The minimum absolute atomic E-state index is 0.0635.